The van der Waals surface area contributed by atoms with E-state index >= 15 is 0 Å². The fourth-order valence-electron chi connectivity index (χ4n) is 9.43. The van der Waals surface area contributed by atoms with E-state index in [9.17, 15) is 18.0 Å². The number of likely N-dealkylation sites (tertiary alicyclic amines) is 1. The van der Waals surface area contributed by atoms with Crippen LogP contribution in [0.25, 0.3) is 0 Å². The van der Waals surface area contributed by atoms with Crippen molar-refractivity contribution in [1.29, 1.82) is 0 Å². The van der Waals surface area contributed by atoms with E-state index in [0.717, 1.165) is 36.2 Å². The molecule has 2 aliphatic carbocycles. The number of rotatable bonds is 11. The summed E-state index contributed by atoms with van der Waals surface area (Å²) in [5.74, 6) is -0.113. The number of ether oxygens (including phenoxy) is 3. The van der Waals surface area contributed by atoms with Crippen LogP contribution in [-0.2, 0) is 48.4 Å². The molecule has 0 radical (unpaired) electrons. The lowest BCUT2D eigenvalue weighted by Crippen LogP contribution is -2.79. The zero-order valence-electron chi connectivity index (χ0n) is 28.8. The van der Waals surface area contributed by atoms with Gasteiger partial charge in [0.15, 0.2) is 11.5 Å². The Kier molecular flexibility index (Phi) is 8.86. The zero-order valence-corrected chi connectivity index (χ0v) is 29.6. The molecule has 2 fully saturated rings. The van der Waals surface area contributed by atoms with Crippen molar-refractivity contribution in [3.63, 3.8) is 0 Å². The fraction of sp³-hybridized carbons (Fsp3) is 0.487. The lowest BCUT2D eigenvalue weighted by molar-refractivity contribution is -0.221. The van der Waals surface area contributed by atoms with Crippen molar-refractivity contribution >= 4 is 22.0 Å². The minimum Gasteiger partial charge on any atom is -0.483 e. The molecule has 1 spiro atoms. The molecule has 1 saturated carbocycles. The van der Waals surface area contributed by atoms with Crippen LogP contribution in [0.15, 0.2) is 72.8 Å². The summed E-state index contributed by atoms with van der Waals surface area (Å²) < 4.78 is 50.0. The van der Waals surface area contributed by atoms with Gasteiger partial charge in [-0.05, 0) is 67.3 Å². The lowest BCUT2D eigenvalue weighted by Gasteiger charge is -2.65. The monoisotopic (exact) mass is 686 g/mol. The molecule has 1 saturated heterocycles. The first-order chi connectivity index (χ1) is 23.4. The predicted molar refractivity (Wildman–Crippen MR) is 186 cm³/mol. The topological polar surface area (TPSA) is 102 Å². The van der Waals surface area contributed by atoms with Crippen molar-refractivity contribution in [2.75, 3.05) is 19.6 Å². The third-order valence-electron chi connectivity index (χ3n) is 11.1. The van der Waals surface area contributed by atoms with Crippen LogP contribution in [0.3, 0.4) is 0 Å². The first-order valence-corrected chi connectivity index (χ1v) is 19.1. The summed E-state index contributed by atoms with van der Waals surface area (Å²) in [5, 5.41) is 0. The maximum Gasteiger partial charge on any atom is 0.308 e. The van der Waals surface area contributed by atoms with Gasteiger partial charge in [-0.3, -0.25) is 14.5 Å². The van der Waals surface area contributed by atoms with E-state index in [1.165, 1.54) is 19.4 Å². The van der Waals surface area contributed by atoms with Crippen LogP contribution in [0.1, 0.15) is 69.2 Å². The van der Waals surface area contributed by atoms with Crippen LogP contribution < -0.4 is 9.47 Å². The molecule has 0 N–H and O–H groups in total. The molecule has 9 nitrogen and oxygen atoms in total. The van der Waals surface area contributed by atoms with Gasteiger partial charge in [0, 0.05) is 32.5 Å². The third-order valence-corrected chi connectivity index (χ3v) is 12.9. The predicted octanol–water partition coefficient (Wildman–Crippen LogP) is 5.44. The molecule has 5 atom stereocenters. The average molecular weight is 687 g/mol. The fourth-order valence-corrected chi connectivity index (χ4v) is 11.4. The van der Waals surface area contributed by atoms with Gasteiger partial charge in [-0.1, -0.05) is 80.6 Å². The van der Waals surface area contributed by atoms with E-state index < -0.39 is 39.2 Å². The summed E-state index contributed by atoms with van der Waals surface area (Å²) in [6, 6.07) is 22.8. The number of nitrogens with zero attached hydrogens (tertiary/aromatic N) is 2. The second-order valence-electron chi connectivity index (χ2n) is 14.6. The number of hydrogen-bond acceptors (Lipinski definition) is 8. The molecular formula is C39H46N2O7S. The summed E-state index contributed by atoms with van der Waals surface area (Å²) in [6.07, 6.45) is 2.37. The molecule has 2 heterocycles. The van der Waals surface area contributed by atoms with Gasteiger partial charge in [0.25, 0.3) is 0 Å². The summed E-state index contributed by atoms with van der Waals surface area (Å²) in [6.45, 7) is 8.72. The Hall–Kier alpha value is -3.73. The van der Waals surface area contributed by atoms with Crippen LogP contribution in [-0.4, -0.2) is 73.0 Å². The summed E-state index contributed by atoms with van der Waals surface area (Å²) in [5.41, 5.74) is 2.13. The van der Waals surface area contributed by atoms with Crippen LogP contribution in [0, 0.1) is 5.92 Å². The molecule has 260 valence electrons. The van der Waals surface area contributed by atoms with Gasteiger partial charge in [0.2, 0.25) is 10.0 Å². The number of esters is 2. The van der Waals surface area contributed by atoms with Gasteiger partial charge >= 0.3 is 11.9 Å². The van der Waals surface area contributed by atoms with Gasteiger partial charge in [0.05, 0.1) is 23.3 Å². The first kappa shape index (κ1) is 33.8. The van der Waals surface area contributed by atoms with E-state index in [1.54, 1.807) is 10.4 Å². The normalized spacial score (nSPS) is 27.0. The smallest absolute Gasteiger partial charge is 0.308 e. The second kappa shape index (κ2) is 12.9. The number of sulfonamides is 1. The van der Waals surface area contributed by atoms with Crippen molar-refractivity contribution < 1.29 is 32.2 Å². The molecule has 1 unspecified atom stereocenters. The largest absolute Gasteiger partial charge is 0.483 e. The summed E-state index contributed by atoms with van der Waals surface area (Å²) in [4.78, 5) is 28.0. The SMILES string of the molecule is CC(=O)Oc1ccc2c3c1O[C@H]1[C@@H](N(CC(C)C)S(=O)(=O)Cc4ccccc4)CCC4(OC(C)=O)[C@@H](C2)N(CCc2ccccc2)CC[C@]314. The van der Waals surface area contributed by atoms with E-state index in [-0.39, 0.29) is 23.7 Å². The van der Waals surface area contributed by atoms with E-state index in [0.29, 0.717) is 43.7 Å². The molecule has 0 aromatic heterocycles. The minimum absolute atomic E-state index is 0.0538. The molecular weight excluding hydrogens is 641 g/mol. The highest BCUT2D eigenvalue weighted by molar-refractivity contribution is 7.88. The molecule has 0 amide bonds. The van der Waals surface area contributed by atoms with E-state index in [1.807, 2.05) is 56.3 Å². The summed E-state index contributed by atoms with van der Waals surface area (Å²) in [7, 11) is -3.81. The molecule has 3 aromatic carbocycles. The second-order valence-corrected chi connectivity index (χ2v) is 16.5. The number of benzene rings is 3. The van der Waals surface area contributed by atoms with Gasteiger partial charge in [-0.15, -0.1) is 0 Å². The Morgan fingerprint density at radius 3 is 2.31 bits per heavy atom. The van der Waals surface area contributed by atoms with Crippen molar-refractivity contribution in [2.45, 2.75) is 94.8 Å². The number of carbonyl (C=O) groups is 2. The van der Waals surface area contributed by atoms with Crippen LogP contribution in [0.5, 0.6) is 11.5 Å². The molecule has 2 aliphatic heterocycles. The van der Waals surface area contributed by atoms with Crippen molar-refractivity contribution in [3.8, 4) is 11.5 Å². The number of piperidine rings is 1. The molecule has 7 rings (SSSR count). The first-order valence-electron chi connectivity index (χ1n) is 17.5. The maximum atomic E-state index is 14.5. The van der Waals surface area contributed by atoms with Crippen LogP contribution in [0.4, 0.5) is 0 Å². The molecule has 10 heteroatoms. The average Bonchev–Trinajstić information content (AvgIpc) is 3.40. The van der Waals surface area contributed by atoms with Crippen molar-refractivity contribution in [1.82, 2.24) is 9.21 Å². The molecule has 2 bridgehead atoms. The van der Waals surface area contributed by atoms with Gasteiger partial charge in [-0.25, -0.2) is 8.42 Å². The van der Waals surface area contributed by atoms with E-state index in [2.05, 4.69) is 29.2 Å². The Labute approximate surface area is 289 Å². The van der Waals surface area contributed by atoms with Crippen molar-refractivity contribution in [3.05, 3.63) is 95.1 Å². The van der Waals surface area contributed by atoms with Gasteiger partial charge < -0.3 is 14.2 Å². The molecule has 49 heavy (non-hydrogen) atoms. The maximum absolute atomic E-state index is 14.5. The minimum atomic E-state index is -3.81. The Balaban J connectivity index is 1.36. The Bertz CT molecular complexity index is 1830. The van der Waals surface area contributed by atoms with Crippen LogP contribution in [0.2, 0.25) is 0 Å². The zero-order chi connectivity index (χ0) is 34.6. The van der Waals surface area contributed by atoms with Gasteiger partial charge in [0.1, 0.15) is 11.7 Å². The van der Waals surface area contributed by atoms with Crippen molar-refractivity contribution in [2.24, 2.45) is 5.92 Å². The van der Waals surface area contributed by atoms with Gasteiger partial charge in [-0.2, -0.15) is 4.31 Å². The highest BCUT2D eigenvalue weighted by Crippen LogP contribution is 2.67. The quantitative estimate of drug-likeness (QED) is 0.194. The van der Waals surface area contributed by atoms with E-state index in [4.69, 9.17) is 14.2 Å². The highest BCUT2D eigenvalue weighted by Gasteiger charge is 2.76. The molecule has 4 aliphatic rings. The third kappa shape index (κ3) is 5.75. The van der Waals surface area contributed by atoms with Crippen LogP contribution >= 0.6 is 0 Å². The number of hydrogen-bond donors (Lipinski definition) is 0. The Morgan fingerprint density at radius 1 is 0.959 bits per heavy atom. The summed E-state index contributed by atoms with van der Waals surface area (Å²) >= 11 is 0. The number of carbonyl (C=O) groups excluding carboxylic acids is 2. The molecule has 3 aromatic rings. The standard InChI is InChI=1S/C39H46N2O7S/c1-26(2)24-41(49(44,45)25-30-13-9-6-10-14-30)32-17-19-39(48-28(4)43)34-23-31-15-16-33(46-27(3)42)36-35(31)38(39,37(32)47-36)20-22-40(34)21-18-29-11-7-5-8-12-29/h5-16,26,32,34,37H,17-25H2,1-4H3/t32-,34+,37-,38-,39?/m0/s1. The Morgan fingerprint density at radius 2 is 1.65 bits per heavy atom. The highest BCUT2D eigenvalue weighted by atomic mass is 32.2. The lowest BCUT2D eigenvalue weighted by atomic mass is 9.48.